The SMILES string of the molecule is CCc1ccc(C(C)OCc2ccc(C(=O)NC(CCSC)C(=O)O)c(-c3ccccc3C)c2)s1. The van der Waals surface area contributed by atoms with Crippen molar-refractivity contribution in [3.8, 4) is 11.1 Å². The number of rotatable bonds is 12. The van der Waals surface area contributed by atoms with E-state index in [1.807, 2.05) is 49.6 Å². The van der Waals surface area contributed by atoms with Crippen LogP contribution < -0.4 is 5.32 Å². The minimum absolute atomic E-state index is 0.0297. The maximum Gasteiger partial charge on any atom is 0.326 e. The highest BCUT2D eigenvalue weighted by molar-refractivity contribution is 7.98. The molecule has 3 aromatic rings. The van der Waals surface area contributed by atoms with E-state index in [0.29, 0.717) is 24.3 Å². The predicted octanol–water partition coefficient (Wildman–Crippen LogP) is 6.50. The van der Waals surface area contributed by atoms with E-state index in [9.17, 15) is 14.7 Å². The zero-order chi connectivity index (χ0) is 25.4. The van der Waals surface area contributed by atoms with Gasteiger partial charge in [0.05, 0.1) is 12.7 Å². The molecule has 5 nitrogen and oxygen atoms in total. The molecule has 35 heavy (non-hydrogen) atoms. The molecular formula is C28H33NO4S2. The summed E-state index contributed by atoms with van der Waals surface area (Å²) in [6.45, 7) is 6.61. The summed E-state index contributed by atoms with van der Waals surface area (Å²) in [5.74, 6) is -0.757. The van der Waals surface area contributed by atoms with Gasteiger partial charge in [0, 0.05) is 15.3 Å². The smallest absolute Gasteiger partial charge is 0.326 e. The second-order valence-corrected chi connectivity index (χ2v) is 10.6. The lowest BCUT2D eigenvalue weighted by Crippen LogP contribution is -2.41. The average Bonchev–Trinajstić information content (AvgIpc) is 3.34. The molecule has 0 radical (unpaired) electrons. The Morgan fingerprint density at radius 1 is 1.11 bits per heavy atom. The van der Waals surface area contributed by atoms with E-state index < -0.39 is 12.0 Å². The zero-order valence-electron chi connectivity index (χ0n) is 20.7. The van der Waals surface area contributed by atoms with Crippen molar-refractivity contribution in [3.05, 3.63) is 81.0 Å². The molecule has 186 valence electrons. The number of benzene rings is 2. The maximum absolute atomic E-state index is 13.2. The van der Waals surface area contributed by atoms with Gasteiger partial charge in [-0.25, -0.2) is 4.79 Å². The van der Waals surface area contributed by atoms with Crippen LogP contribution >= 0.6 is 23.1 Å². The van der Waals surface area contributed by atoms with Gasteiger partial charge in [-0.1, -0.05) is 37.3 Å². The molecule has 1 amide bonds. The molecule has 0 aliphatic rings. The van der Waals surface area contributed by atoms with Crippen molar-refractivity contribution in [1.29, 1.82) is 0 Å². The molecule has 2 atom stereocenters. The summed E-state index contributed by atoms with van der Waals surface area (Å²) in [5.41, 5.74) is 4.16. The van der Waals surface area contributed by atoms with E-state index in [-0.39, 0.29) is 12.0 Å². The van der Waals surface area contributed by atoms with Crippen molar-refractivity contribution in [3.63, 3.8) is 0 Å². The number of aryl methyl sites for hydroxylation is 2. The third kappa shape index (κ3) is 7.19. The van der Waals surface area contributed by atoms with Gasteiger partial charge in [0.1, 0.15) is 6.04 Å². The molecule has 0 spiro atoms. The molecule has 0 bridgehead atoms. The zero-order valence-corrected chi connectivity index (χ0v) is 22.3. The Labute approximate surface area is 215 Å². The topological polar surface area (TPSA) is 75.6 Å². The molecule has 7 heteroatoms. The first-order valence-electron chi connectivity index (χ1n) is 11.8. The quantitative estimate of drug-likeness (QED) is 0.290. The molecule has 2 N–H and O–H groups in total. The first kappa shape index (κ1) is 27.0. The summed E-state index contributed by atoms with van der Waals surface area (Å²) in [5, 5.41) is 12.3. The van der Waals surface area contributed by atoms with Crippen LogP contribution in [0.15, 0.2) is 54.6 Å². The first-order valence-corrected chi connectivity index (χ1v) is 14.0. The van der Waals surface area contributed by atoms with Gasteiger partial charge in [-0.15, -0.1) is 11.3 Å². The van der Waals surface area contributed by atoms with Crippen molar-refractivity contribution in [1.82, 2.24) is 5.32 Å². The van der Waals surface area contributed by atoms with Crippen LogP contribution in [0, 0.1) is 6.92 Å². The van der Waals surface area contributed by atoms with Crippen LogP contribution in [0.25, 0.3) is 11.1 Å². The van der Waals surface area contributed by atoms with Gasteiger partial charge in [-0.2, -0.15) is 11.8 Å². The van der Waals surface area contributed by atoms with Crippen molar-refractivity contribution in [2.75, 3.05) is 12.0 Å². The fourth-order valence-corrected chi connectivity index (χ4v) is 5.24. The highest BCUT2D eigenvalue weighted by atomic mass is 32.2. The Morgan fingerprint density at radius 3 is 2.54 bits per heavy atom. The number of aliphatic carboxylic acids is 1. The number of carbonyl (C=O) groups is 2. The summed E-state index contributed by atoms with van der Waals surface area (Å²) < 4.78 is 6.16. The van der Waals surface area contributed by atoms with Gasteiger partial charge < -0.3 is 15.2 Å². The normalized spacial score (nSPS) is 12.8. The molecule has 1 heterocycles. The van der Waals surface area contributed by atoms with Crippen LogP contribution in [-0.2, 0) is 22.6 Å². The highest BCUT2D eigenvalue weighted by Gasteiger charge is 2.23. The molecule has 0 saturated carbocycles. The third-order valence-corrected chi connectivity index (χ3v) is 7.94. The van der Waals surface area contributed by atoms with Crippen LogP contribution in [0.1, 0.15) is 57.6 Å². The van der Waals surface area contributed by atoms with Crippen molar-refractivity contribution in [2.45, 2.75) is 52.4 Å². The standard InChI is InChI=1S/C28H33NO4S2/c1-5-21-11-13-26(35-21)19(3)33-17-20-10-12-23(24(16-20)22-9-7-6-8-18(22)2)27(30)29-25(28(31)32)14-15-34-4/h6-13,16,19,25H,5,14-15,17H2,1-4H3,(H,29,30)(H,31,32). The number of hydrogen-bond donors (Lipinski definition) is 2. The molecule has 2 aromatic carbocycles. The number of carboxylic acids is 1. The summed E-state index contributed by atoms with van der Waals surface area (Å²) >= 11 is 3.33. The molecule has 1 aromatic heterocycles. The van der Waals surface area contributed by atoms with Gasteiger partial charge in [0.2, 0.25) is 0 Å². The van der Waals surface area contributed by atoms with Crippen LogP contribution in [0.4, 0.5) is 0 Å². The van der Waals surface area contributed by atoms with Gasteiger partial charge in [0.25, 0.3) is 5.91 Å². The number of carboxylic acid groups (broad SMARTS) is 1. The average molecular weight is 512 g/mol. The van der Waals surface area contributed by atoms with E-state index in [0.717, 1.165) is 28.7 Å². The fourth-order valence-electron chi connectivity index (χ4n) is 3.81. The molecule has 0 aliphatic heterocycles. The molecule has 0 saturated heterocycles. The maximum atomic E-state index is 13.2. The molecule has 2 unspecified atom stereocenters. The van der Waals surface area contributed by atoms with E-state index in [4.69, 9.17) is 4.74 Å². The second kappa shape index (κ2) is 12.9. The van der Waals surface area contributed by atoms with Crippen LogP contribution in [0.3, 0.4) is 0 Å². The summed E-state index contributed by atoms with van der Waals surface area (Å²) in [4.78, 5) is 27.4. The summed E-state index contributed by atoms with van der Waals surface area (Å²) in [7, 11) is 0. The minimum atomic E-state index is -1.02. The second-order valence-electron chi connectivity index (χ2n) is 8.45. The Morgan fingerprint density at radius 2 is 1.89 bits per heavy atom. The lowest BCUT2D eigenvalue weighted by molar-refractivity contribution is -0.139. The van der Waals surface area contributed by atoms with Crippen LogP contribution in [-0.4, -0.2) is 35.0 Å². The van der Waals surface area contributed by atoms with Gasteiger partial charge in [0.15, 0.2) is 0 Å². The number of hydrogen-bond acceptors (Lipinski definition) is 5. The van der Waals surface area contributed by atoms with Crippen molar-refractivity contribution >= 4 is 35.0 Å². The van der Waals surface area contributed by atoms with Gasteiger partial charge in [-0.3, -0.25) is 4.79 Å². The fraction of sp³-hybridized carbons (Fsp3) is 0.357. The third-order valence-electron chi connectivity index (χ3n) is 5.91. The molecule has 0 fully saturated rings. The number of amides is 1. The Hall–Kier alpha value is -2.61. The van der Waals surface area contributed by atoms with E-state index in [1.165, 1.54) is 9.75 Å². The first-order chi connectivity index (χ1) is 16.8. The highest BCUT2D eigenvalue weighted by Crippen LogP contribution is 2.30. The van der Waals surface area contributed by atoms with E-state index in [2.05, 4.69) is 31.3 Å². The Bertz CT molecular complexity index is 1160. The van der Waals surface area contributed by atoms with E-state index in [1.54, 1.807) is 29.2 Å². The largest absolute Gasteiger partial charge is 0.480 e. The van der Waals surface area contributed by atoms with Crippen molar-refractivity contribution in [2.24, 2.45) is 0 Å². The monoisotopic (exact) mass is 511 g/mol. The number of nitrogens with one attached hydrogen (secondary N) is 1. The Balaban J connectivity index is 1.86. The number of carbonyl (C=O) groups excluding carboxylic acids is 1. The van der Waals surface area contributed by atoms with Gasteiger partial charge in [-0.05, 0) is 85.2 Å². The summed E-state index contributed by atoms with van der Waals surface area (Å²) in [6, 6.07) is 16.9. The van der Waals surface area contributed by atoms with Crippen LogP contribution in [0.5, 0.6) is 0 Å². The number of ether oxygens (including phenoxy) is 1. The van der Waals surface area contributed by atoms with Crippen LogP contribution in [0.2, 0.25) is 0 Å². The minimum Gasteiger partial charge on any atom is -0.480 e. The Kier molecular flexibility index (Phi) is 9.95. The lowest BCUT2D eigenvalue weighted by atomic mass is 9.93. The predicted molar refractivity (Wildman–Crippen MR) is 145 cm³/mol. The number of thioether (sulfide) groups is 1. The van der Waals surface area contributed by atoms with Gasteiger partial charge >= 0.3 is 5.97 Å². The van der Waals surface area contributed by atoms with E-state index >= 15 is 0 Å². The number of thiophene rings is 1. The summed E-state index contributed by atoms with van der Waals surface area (Å²) in [6.07, 6.45) is 3.27. The molecule has 0 aliphatic carbocycles. The lowest BCUT2D eigenvalue weighted by Gasteiger charge is -2.18. The van der Waals surface area contributed by atoms with Crippen molar-refractivity contribution < 1.29 is 19.4 Å². The molecule has 3 rings (SSSR count). The molecular weight excluding hydrogens is 478 g/mol.